The van der Waals surface area contributed by atoms with E-state index in [1.807, 2.05) is 34.9 Å². The lowest BCUT2D eigenvalue weighted by molar-refractivity contribution is -0.114. The minimum atomic E-state index is -0.184. The van der Waals surface area contributed by atoms with Crippen LogP contribution in [-0.2, 0) is 11.8 Å². The number of thiazole rings is 1. The summed E-state index contributed by atoms with van der Waals surface area (Å²) in [5.41, 5.74) is 6.35. The Hall–Kier alpha value is -4.82. The summed E-state index contributed by atoms with van der Waals surface area (Å²) in [6.07, 6.45) is 1.79. The average Bonchev–Trinajstić information content (AvgIpc) is 3.48. The number of pyridine rings is 1. The van der Waals surface area contributed by atoms with Gasteiger partial charge < -0.3 is 5.32 Å². The minimum Gasteiger partial charge on any atom is -0.302 e. The molecule has 196 valence electrons. The maximum atomic E-state index is 13.7. The van der Waals surface area contributed by atoms with Crippen LogP contribution in [0, 0.1) is 0 Å². The summed E-state index contributed by atoms with van der Waals surface area (Å²) < 4.78 is 4.55. The molecule has 8 heteroatoms. The highest BCUT2D eigenvalue weighted by molar-refractivity contribution is 7.22. The number of aromatic nitrogens is 4. The summed E-state index contributed by atoms with van der Waals surface area (Å²) in [4.78, 5) is 34.3. The Bertz CT molecular complexity index is 2190. The molecule has 0 fully saturated rings. The second-order valence-corrected chi connectivity index (χ2v) is 11.1. The number of amides is 1. The Kier molecular flexibility index (Phi) is 5.54. The fourth-order valence-corrected chi connectivity index (χ4v) is 6.44. The number of hydrogen-bond acceptors (Lipinski definition) is 5. The van der Waals surface area contributed by atoms with Crippen molar-refractivity contribution in [1.82, 2.24) is 19.1 Å². The molecule has 3 aromatic heterocycles. The molecule has 7 nitrogen and oxygen atoms in total. The van der Waals surface area contributed by atoms with E-state index in [0.717, 1.165) is 54.2 Å². The molecule has 40 heavy (non-hydrogen) atoms. The predicted molar refractivity (Wildman–Crippen MR) is 163 cm³/mol. The molecule has 0 spiro atoms. The number of fused-ring (bicyclic) bond motifs is 5. The fraction of sp³-hybridized carbons (Fsp3) is 0.125. The summed E-state index contributed by atoms with van der Waals surface area (Å²) in [6.45, 7) is 3.55. The molecule has 1 atom stereocenters. The van der Waals surface area contributed by atoms with E-state index in [4.69, 9.17) is 4.98 Å². The van der Waals surface area contributed by atoms with Gasteiger partial charge in [0.15, 0.2) is 5.13 Å². The van der Waals surface area contributed by atoms with Gasteiger partial charge in [-0.3, -0.25) is 18.9 Å². The van der Waals surface area contributed by atoms with E-state index in [-0.39, 0.29) is 17.6 Å². The van der Waals surface area contributed by atoms with Gasteiger partial charge in [-0.2, -0.15) is 0 Å². The van der Waals surface area contributed by atoms with Crippen molar-refractivity contribution >= 4 is 65.3 Å². The molecule has 7 rings (SSSR count). The van der Waals surface area contributed by atoms with Crippen LogP contribution in [-0.4, -0.2) is 25.0 Å². The first-order chi connectivity index (χ1) is 19.4. The first-order valence-corrected chi connectivity index (χ1v) is 13.9. The number of aryl methyl sites for hydroxylation is 1. The van der Waals surface area contributed by atoms with Crippen LogP contribution in [0.4, 0.5) is 5.13 Å². The molecule has 7 aromatic rings. The van der Waals surface area contributed by atoms with E-state index in [9.17, 15) is 9.59 Å². The molecule has 0 aliphatic heterocycles. The topological polar surface area (TPSA) is 81.8 Å². The van der Waals surface area contributed by atoms with Crippen molar-refractivity contribution in [3.05, 3.63) is 101 Å². The number of carbonyl (C=O) groups is 1. The summed E-state index contributed by atoms with van der Waals surface area (Å²) in [6, 6.07) is 26.7. The average molecular weight is 544 g/mol. The number of rotatable bonds is 4. The van der Waals surface area contributed by atoms with Crippen LogP contribution >= 0.6 is 11.3 Å². The zero-order chi connectivity index (χ0) is 27.5. The lowest BCUT2D eigenvalue weighted by Crippen LogP contribution is -2.25. The third kappa shape index (κ3) is 3.87. The first kappa shape index (κ1) is 24.2. The van der Waals surface area contributed by atoms with Crippen LogP contribution in [0.2, 0.25) is 0 Å². The molecule has 0 radical (unpaired) electrons. The Morgan fingerprint density at radius 3 is 2.48 bits per heavy atom. The number of imidazole rings is 1. The van der Waals surface area contributed by atoms with E-state index in [0.29, 0.717) is 5.13 Å². The Labute approximate surface area is 233 Å². The number of nitrogens with one attached hydrogen (secondary N) is 1. The monoisotopic (exact) mass is 543 g/mol. The van der Waals surface area contributed by atoms with E-state index in [2.05, 4.69) is 65.8 Å². The minimum absolute atomic E-state index is 0.0769. The highest BCUT2D eigenvalue weighted by Crippen LogP contribution is 2.34. The number of nitrogens with zero attached hydrogens (tertiary/aromatic N) is 4. The molecule has 3 heterocycles. The van der Waals surface area contributed by atoms with Crippen LogP contribution in [0.1, 0.15) is 25.5 Å². The Morgan fingerprint density at radius 1 is 0.925 bits per heavy atom. The maximum Gasteiger partial charge on any atom is 0.329 e. The second-order valence-electron chi connectivity index (χ2n) is 10.1. The smallest absolute Gasteiger partial charge is 0.302 e. The van der Waals surface area contributed by atoms with Crippen molar-refractivity contribution < 1.29 is 4.79 Å². The first-order valence-electron chi connectivity index (χ1n) is 13.0. The number of anilines is 1. The van der Waals surface area contributed by atoms with Crippen LogP contribution in [0.3, 0.4) is 0 Å². The van der Waals surface area contributed by atoms with E-state index < -0.39 is 0 Å². The number of benzene rings is 4. The summed E-state index contributed by atoms with van der Waals surface area (Å²) in [5, 5.41) is 6.59. The second kappa shape index (κ2) is 9.14. The predicted octanol–water partition coefficient (Wildman–Crippen LogP) is 6.89. The molecule has 0 saturated carbocycles. The zero-order valence-corrected chi connectivity index (χ0v) is 23.0. The maximum absolute atomic E-state index is 13.7. The summed E-state index contributed by atoms with van der Waals surface area (Å²) in [7, 11) is 1.80. The van der Waals surface area contributed by atoms with Crippen molar-refractivity contribution in [1.29, 1.82) is 0 Å². The quantitative estimate of drug-likeness (QED) is 0.262. The largest absolute Gasteiger partial charge is 0.329 e. The van der Waals surface area contributed by atoms with E-state index >= 15 is 0 Å². The molecular weight excluding hydrogens is 518 g/mol. The van der Waals surface area contributed by atoms with Gasteiger partial charge in [0.2, 0.25) is 5.91 Å². The highest BCUT2D eigenvalue weighted by atomic mass is 32.1. The van der Waals surface area contributed by atoms with Gasteiger partial charge in [0, 0.05) is 19.4 Å². The third-order valence-electron chi connectivity index (χ3n) is 7.56. The van der Waals surface area contributed by atoms with Gasteiger partial charge in [-0.1, -0.05) is 59.9 Å². The molecule has 0 bridgehead atoms. The van der Waals surface area contributed by atoms with Gasteiger partial charge >= 0.3 is 5.69 Å². The normalized spacial score (nSPS) is 12.5. The van der Waals surface area contributed by atoms with Gasteiger partial charge in [0.25, 0.3) is 0 Å². The van der Waals surface area contributed by atoms with Crippen molar-refractivity contribution in [3.8, 4) is 11.1 Å². The van der Waals surface area contributed by atoms with Gasteiger partial charge in [0.1, 0.15) is 0 Å². The van der Waals surface area contributed by atoms with Crippen LogP contribution < -0.4 is 11.0 Å². The van der Waals surface area contributed by atoms with Gasteiger partial charge in [-0.05, 0) is 64.7 Å². The molecule has 0 saturated heterocycles. The molecule has 0 aliphatic rings. The number of carbonyl (C=O) groups excluding carboxylic acids is 1. The Morgan fingerprint density at radius 2 is 1.68 bits per heavy atom. The molecule has 1 N–H and O–H groups in total. The van der Waals surface area contributed by atoms with Crippen molar-refractivity contribution in [2.45, 2.75) is 19.9 Å². The Balaban J connectivity index is 1.40. The van der Waals surface area contributed by atoms with Gasteiger partial charge in [0.05, 0.1) is 39.0 Å². The van der Waals surface area contributed by atoms with Crippen LogP contribution in [0.25, 0.3) is 54.1 Å². The SMILES string of the molecule is CC(=O)Nc1nc2ccc(-c3ccc4ncc5c(c4c3)n([C@H](C)c3ccc4ccccc4c3)c(=O)n5C)cc2s1. The lowest BCUT2D eigenvalue weighted by Gasteiger charge is -2.16. The van der Waals surface area contributed by atoms with Crippen molar-refractivity contribution in [2.24, 2.45) is 7.05 Å². The molecule has 0 unspecified atom stereocenters. The number of hydrogen-bond donors (Lipinski definition) is 1. The van der Waals surface area contributed by atoms with Gasteiger partial charge in [-0.25, -0.2) is 9.78 Å². The third-order valence-corrected chi connectivity index (χ3v) is 8.50. The lowest BCUT2D eigenvalue weighted by atomic mass is 10.0. The molecule has 1 amide bonds. The van der Waals surface area contributed by atoms with Gasteiger partial charge in [-0.15, -0.1) is 0 Å². The van der Waals surface area contributed by atoms with Crippen molar-refractivity contribution in [3.63, 3.8) is 0 Å². The van der Waals surface area contributed by atoms with Crippen molar-refractivity contribution in [2.75, 3.05) is 5.32 Å². The molecule has 0 aliphatic carbocycles. The molecule has 4 aromatic carbocycles. The summed E-state index contributed by atoms with van der Waals surface area (Å²) in [5.74, 6) is -0.142. The van der Waals surface area contributed by atoms with Crippen LogP contribution in [0.15, 0.2) is 89.9 Å². The molecular formula is C32H25N5O2S. The van der Waals surface area contributed by atoms with Crippen LogP contribution in [0.5, 0.6) is 0 Å². The van der Waals surface area contributed by atoms with E-state index in [1.54, 1.807) is 17.8 Å². The highest BCUT2D eigenvalue weighted by Gasteiger charge is 2.21. The zero-order valence-electron chi connectivity index (χ0n) is 22.2. The van der Waals surface area contributed by atoms with E-state index in [1.165, 1.54) is 23.6 Å². The summed E-state index contributed by atoms with van der Waals surface area (Å²) >= 11 is 1.45. The standard InChI is InChI=1S/C32H25N5O2S/c1-18(21-9-8-20-6-4-5-7-22(20)14-21)37-30-25-15-23(10-12-26(25)33-17-28(30)36(3)32(37)39)24-11-13-27-29(16-24)40-31(35-27)34-19(2)38/h4-18H,1-3H3,(H,34,35,38)/t18-/m1/s1. The fourth-order valence-electron chi connectivity index (χ4n) is 5.49.